The number of nitrogens with zero attached hydrogens (tertiary/aromatic N) is 2. The molecule has 2 N–H and O–H groups in total. The van der Waals surface area contributed by atoms with Crippen LogP contribution < -0.4 is 5.73 Å². The highest BCUT2D eigenvalue weighted by Crippen LogP contribution is 2.29. The molecule has 19 heavy (non-hydrogen) atoms. The Kier molecular flexibility index (Phi) is 4.64. The van der Waals surface area contributed by atoms with Crippen molar-refractivity contribution in [2.75, 3.05) is 13.6 Å². The first kappa shape index (κ1) is 14.1. The van der Waals surface area contributed by atoms with Crippen LogP contribution in [0.15, 0.2) is 18.3 Å². The van der Waals surface area contributed by atoms with Gasteiger partial charge in [-0.2, -0.15) is 0 Å². The van der Waals surface area contributed by atoms with Crippen molar-refractivity contribution in [2.24, 2.45) is 11.7 Å². The average molecular weight is 263 g/mol. The minimum absolute atomic E-state index is 0.129. The first-order valence-corrected chi connectivity index (χ1v) is 7.31. The van der Waals surface area contributed by atoms with Gasteiger partial charge in [-0.25, -0.2) is 0 Å². The molecule has 1 aliphatic rings. The summed E-state index contributed by atoms with van der Waals surface area (Å²) in [5, 5.41) is 0. The Labute approximate surface area is 115 Å². The van der Waals surface area contributed by atoms with Crippen LogP contribution in [-0.4, -0.2) is 35.0 Å². The minimum atomic E-state index is 0.129. The Balaban J connectivity index is 2.12. The highest BCUT2D eigenvalue weighted by atomic mass is 16.2. The number of nitrogens with two attached hydrogens (primary N) is 1. The maximum atomic E-state index is 12.6. The van der Waals surface area contributed by atoms with Crippen LogP contribution >= 0.6 is 0 Å². The molecule has 1 heterocycles. The lowest BCUT2D eigenvalue weighted by Gasteiger charge is -2.29. The van der Waals surface area contributed by atoms with Gasteiger partial charge < -0.3 is 15.2 Å². The minimum Gasteiger partial charge on any atom is -0.344 e. The van der Waals surface area contributed by atoms with Gasteiger partial charge in [0.15, 0.2) is 0 Å². The number of carbonyl (C=O) groups is 1. The van der Waals surface area contributed by atoms with Crippen molar-refractivity contribution in [1.29, 1.82) is 0 Å². The summed E-state index contributed by atoms with van der Waals surface area (Å²) in [4.78, 5) is 14.5. The van der Waals surface area contributed by atoms with Gasteiger partial charge in [-0.1, -0.05) is 13.3 Å². The van der Waals surface area contributed by atoms with E-state index in [4.69, 9.17) is 5.73 Å². The summed E-state index contributed by atoms with van der Waals surface area (Å²) < 4.78 is 2.05. The molecule has 0 radical (unpaired) electrons. The van der Waals surface area contributed by atoms with Gasteiger partial charge >= 0.3 is 0 Å². The second-order valence-corrected chi connectivity index (χ2v) is 5.50. The molecule has 4 heteroatoms. The highest BCUT2D eigenvalue weighted by Gasteiger charge is 2.32. The molecule has 2 rings (SSSR count). The molecule has 1 amide bonds. The Morgan fingerprint density at radius 1 is 1.53 bits per heavy atom. The van der Waals surface area contributed by atoms with Crippen LogP contribution in [0.25, 0.3) is 0 Å². The Morgan fingerprint density at radius 2 is 2.32 bits per heavy atom. The third-order valence-electron chi connectivity index (χ3n) is 4.25. The molecule has 2 unspecified atom stereocenters. The standard InChI is InChI=1S/C15H25N3O/c1-3-9-18-10-5-8-14(18)15(19)17(2)13-7-4-6-12(13)11-16/h5,8,10,12-13H,3-4,6-7,9,11,16H2,1-2H3. The molecule has 4 nitrogen and oxygen atoms in total. The van der Waals surface area contributed by atoms with E-state index in [-0.39, 0.29) is 5.91 Å². The van der Waals surface area contributed by atoms with Gasteiger partial charge in [0.1, 0.15) is 5.69 Å². The number of hydrogen-bond acceptors (Lipinski definition) is 2. The number of hydrogen-bond donors (Lipinski definition) is 1. The summed E-state index contributed by atoms with van der Waals surface area (Å²) in [5.74, 6) is 0.590. The summed E-state index contributed by atoms with van der Waals surface area (Å²) in [6, 6.07) is 4.18. The van der Waals surface area contributed by atoms with Gasteiger partial charge in [0.25, 0.3) is 5.91 Å². The smallest absolute Gasteiger partial charge is 0.270 e. The molecule has 106 valence electrons. The van der Waals surface area contributed by atoms with E-state index in [1.807, 2.05) is 34.8 Å². The molecule has 1 aromatic heterocycles. The molecular formula is C15H25N3O. The van der Waals surface area contributed by atoms with Crippen molar-refractivity contribution in [1.82, 2.24) is 9.47 Å². The maximum absolute atomic E-state index is 12.6. The van der Waals surface area contributed by atoms with Crippen molar-refractivity contribution >= 4 is 5.91 Å². The van der Waals surface area contributed by atoms with Crippen LogP contribution in [0, 0.1) is 5.92 Å². The van der Waals surface area contributed by atoms with Crippen molar-refractivity contribution in [3.8, 4) is 0 Å². The molecule has 2 atom stereocenters. The third-order valence-corrected chi connectivity index (χ3v) is 4.25. The fraction of sp³-hybridized carbons (Fsp3) is 0.667. The van der Waals surface area contributed by atoms with Crippen molar-refractivity contribution < 1.29 is 4.79 Å². The Morgan fingerprint density at radius 3 is 3.00 bits per heavy atom. The number of aryl methyl sites for hydroxylation is 1. The predicted octanol–water partition coefficient (Wildman–Crippen LogP) is 2.10. The first-order valence-electron chi connectivity index (χ1n) is 7.31. The van der Waals surface area contributed by atoms with Crippen molar-refractivity contribution in [3.05, 3.63) is 24.0 Å². The van der Waals surface area contributed by atoms with Gasteiger partial charge in [0.05, 0.1) is 0 Å². The molecule has 0 saturated heterocycles. The van der Waals surface area contributed by atoms with Gasteiger partial charge in [-0.3, -0.25) is 4.79 Å². The fourth-order valence-corrected chi connectivity index (χ4v) is 3.18. The van der Waals surface area contributed by atoms with Gasteiger partial charge in [0, 0.05) is 25.8 Å². The van der Waals surface area contributed by atoms with E-state index in [2.05, 4.69) is 6.92 Å². The second-order valence-electron chi connectivity index (χ2n) is 5.50. The van der Waals surface area contributed by atoms with E-state index in [0.717, 1.165) is 31.5 Å². The zero-order valence-electron chi connectivity index (χ0n) is 12.0. The summed E-state index contributed by atoms with van der Waals surface area (Å²) in [7, 11) is 1.92. The third kappa shape index (κ3) is 2.84. The quantitative estimate of drug-likeness (QED) is 0.884. The van der Waals surface area contributed by atoms with Crippen LogP contribution in [0.4, 0.5) is 0 Å². The normalized spacial score (nSPS) is 22.7. The summed E-state index contributed by atoms with van der Waals surface area (Å²) >= 11 is 0. The van der Waals surface area contributed by atoms with Gasteiger partial charge in [-0.05, 0) is 43.9 Å². The van der Waals surface area contributed by atoms with Crippen molar-refractivity contribution in [3.63, 3.8) is 0 Å². The van der Waals surface area contributed by atoms with Crippen LogP contribution in [0.2, 0.25) is 0 Å². The molecule has 1 saturated carbocycles. The van der Waals surface area contributed by atoms with Crippen LogP contribution in [-0.2, 0) is 6.54 Å². The highest BCUT2D eigenvalue weighted by molar-refractivity contribution is 5.92. The molecule has 1 fully saturated rings. The number of aromatic nitrogens is 1. The zero-order valence-corrected chi connectivity index (χ0v) is 12.0. The summed E-state index contributed by atoms with van der Waals surface area (Å²) in [6.07, 6.45) is 6.43. The van der Waals surface area contributed by atoms with E-state index in [1.165, 1.54) is 6.42 Å². The predicted molar refractivity (Wildman–Crippen MR) is 77.0 cm³/mol. The van der Waals surface area contributed by atoms with Gasteiger partial charge in [0.2, 0.25) is 0 Å². The molecule has 1 aliphatic carbocycles. The van der Waals surface area contributed by atoms with E-state index < -0.39 is 0 Å². The molecule has 0 bridgehead atoms. The number of amides is 1. The lowest BCUT2D eigenvalue weighted by molar-refractivity contribution is 0.0688. The van der Waals surface area contributed by atoms with Crippen LogP contribution in [0.5, 0.6) is 0 Å². The molecule has 0 aliphatic heterocycles. The summed E-state index contributed by atoms with van der Waals surface area (Å²) in [5.41, 5.74) is 6.61. The molecule has 0 spiro atoms. The molecule has 0 aromatic carbocycles. The number of carbonyl (C=O) groups excluding carboxylic acids is 1. The topological polar surface area (TPSA) is 51.3 Å². The lowest BCUT2D eigenvalue weighted by Crippen LogP contribution is -2.42. The van der Waals surface area contributed by atoms with Crippen molar-refractivity contribution in [2.45, 2.75) is 45.2 Å². The monoisotopic (exact) mass is 263 g/mol. The second kappa shape index (κ2) is 6.24. The molecular weight excluding hydrogens is 238 g/mol. The van der Waals surface area contributed by atoms with Gasteiger partial charge in [-0.15, -0.1) is 0 Å². The van der Waals surface area contributed by atoms with E-state index in [1.54, 1.807) is 0 Å². The number of rotatable bonds is 5. The van der Waals surface area contributed by atoms with Crippen LogP contribution in [0.1, 0.15) is 43.1 Å². The first-order chi connectivity index (χ1) is 9.19. The average Bonchev–Trinajstić information content (AvgIpc) is 3.05. The van der Waals surface area contributed by atoms with E-state index in [0.29, 0.717) is 18.5 Å². The lowest BCUT2D eigenvalue weighted by atomic mass is 10.0. The SMILES string of the molecule is CCCn1cccc1C(=O)N(C)C1CCCC1CN. The Bertz CT molecular complexity index is 427. The van der Waals surface area contributed by atoms with Crippen LogP contribution in [0.3, 0.4) is 0 Å². The van der Waals surface area contributed by atoms with E-state index >= 15 is 0 Å². The van der Waals surface area contributed by atoms with E-state index in [9.17, 15) is 4.79 Å². The Hall–Kier alpha value is -1.29. The fourth-order valence-electron chi connectivity index (χ4n) is 3.18. The maximum Gasteiger partial charge on any atom is 0.270 e. The molecule has 1 aromatic rings. The zero-order chi connectivity index (χ0) is 13.8. The largest absolute Gasteiger partial charge is 0.344 e. The summed E-state index contributed by atoms with van der Waals surface area (Å²) in [6.45, 7) is 3.70.